The van der Waals surface area contributed by atoms with Crippen molar-refractivity contribution in [2.75, 3.05) is 28.3 Å². The van der Waals surface area contributed by atoms with Gasteiger partial charge in [0.1, 0.15) is 5.82 Å². The second kappa shape index (κ2) is 6.81. The molecule has 1 saturated heterocycles. The molecule has 0 radical (unpaired) electrons. The summed E-state index contributed by atoms with van der Waals surface area (Å²) in [7, 11) is 0. The Labute approximate surface area is 174 Å². The van der Waals surface area contributed by atoms with Crippen molar-refractivity contribution in [1.82, 2.24) is 20.6 Å². The average Bonchev–Trinajstić information content (AvgIpc) is 3.13. The molecule has 2 aliphatic heterocycles. The molecule has 1 unspecified atom stereocenters. The van der Waals surface area contributed by atoms with Crippen LogP contribution in [0.5, 0.6) is 0 Å². The second-order valence-corrected chi connectivity index (χ2v) is 8.20. The number of hydrogen-bond acceptors (Lipinski definition) is 6. The number of carbonyl (C=O) groups excluding carboxylic acids is 1. The standard InChI is InChI=1S/C20H22ClN7O/c1-13(16-10-27(12-23-16)15-4-2-14(21)3-5-15)24-18-22-9-6-17(25-18)28-11-20(7-8-20)26-19(28)29/h2-6,9-10,13,23H,7-8,11-12H2,1H3,(H,26,29)(H,22,24,25). The summed E-state index contributed by atoms with van der Waals surface area (Å²) < 4.78 is 0. The first-order chi connectivity index (χ1) is 14.0. The van der Waals surface area contributed by atoms with Crippen molar-refractivity contribution in [3.05, 3.63) is 53.4 Å². The lowest BCUT2D eigenvalue weighted by Gasteiger charge is -2.17. The Morgan fingerprint density at radius 2 is 2.03 bits per heavy atom. The Bertz CT molecular complexity index is 973. The number of aromatic nitrogens is 2. The van der Waals surface area contributed by atoms with E-state index in [-0.39, 0.29) is 17.6 Å². The number of nitrogens with one attached hydrogen (secondary N) is 3. The van der Waals surface area contributed by atoms with Crippen molar-refractivity contribution in [3.63, 3.8) is 0 Å². The van der Waals surface area contributed by atoms with Gasteiger partial charge in [0.25, 0.3) is 0 Å². The maximum Gasteiger partial charge on any atom is 0.323 e. The van der Waals surface area contributed by atoms with Crippen LogP contribution in [0.15, 0.2) is 48.4 Å². The van der Waals surface area contributed by atoms with Gasteiger partial charge in [-0.3, -0.25) is 4.90 Å². The van der Waals surface area contributed by atoms with Gasteiger partial charge in [-0.05, 0) is 50.1 Å². The monoisotopic (exact) mass is 411 g/mol. The fourth-order valence-electron chi connectivity index (χ4n) is 3.67. The summed E-state index contributed by atoms with van der Waals surface area (Å²) in [4.78, 5) is 25.0. The zero-order chi connectivity index (χ0) is 20.0. The van der Waals surface area contributed by atoms with Crippen molar-refractivity contribution in [3.8, 4) is 0 Å². The maximum atomic E-state index is 12.3. The van der Waals surface area contributed by atoms with Crippen molar-refractivity contribution in [1.29, 1.82) is 0 Å². The molecule has 8 nitrogen and oxygen atoms in total. The van der Waals surface area contributed by atoms with E-state index in [1.165, 1.54) is 0 Å². The number of benzene rings is 1. The molecular weight excluding hydrogens is 390 g/mol. The Balaban J connectivity index is 1.27. The summed E-state index contributed by atoms with van der Waals surface area (Å²) in [6.07, 6.45) is 5.81. The lowest BCUT2D eigenvalue weighted by molar-refractivity contribution is 0.250. The van der Waals surface area contributed by atoms with Crippen molar-refractivity contribution in [2.45, 2.75) is 31.3 Å². The Morgan fingerprint density at radius 3 is 2.76 bits per heavy atom. The topological polar surface area (TPSA) is 85.4 Å². The zero-order valence-corrected chi connectivity index (χ0v) is 16.8. The number of urea groups is 1. The SMILES string of the molecule is CC(Nc1nccc(N2CC3(CC3)NC2=O)n1)C1=CN(c2ccc(Cl)cc2)CN1. The van der Waals surface area contributed by atoms with Crippen LogP contribution in [0.2, 0.25) is 5.02 Å². The van der Waals surface area contributed by atoms with Crippen LogP contribution in [-0.2, 0) is 0 Å². The van der Waals surface area contributed by atoms with Crippen LogP contribution < -0.4 is 25.8 Å². The van der Waals surface area contributed by atoms with Crippen LogP contribution in [0, 0.1) is 0 Å². The highest BCUT2D eigenvalue weighted by Gasteiger charge is 2.52. The smallest absolute Gasteiger partial charge is 0.323 e. The Morgan fingerprint density at radius 1 is 1.24 bits per heavy atom. The molecule has 1 atom stereocenters. The average molecular weight is 412 g/mol. The summed E-state index contributed by atoms with van der Waals surface area (Å²) in [5.41, 5.74) is 2.06. The zero-order valence-electron chi connectivity index (χ0n) is 16.0. The summed E-state index contributed by atoms with van der Waals surface area (Å²) in [5, 5.41) is 10.5. The van der Waals surface area contributed by atoms with Gasteiger partial charge in [-0.25, -0.2) is 9.78 Å². The van der Waals surface area contributed by atoms with Crippen molar-refractivity contribution >= 4 is 35.1 Å². The van der Waals surface area contributed by atoms with Crippen LogP contribution in [-0.4, -0.2) is 40.8 Å². The number of hydrogen-bond donors (Lipinski definition) is 3. The van der Waals surface area contributed by atoms with Gasteiger partial charge in [0.05, 0.1) is 30.5 Å². The summed E-state index contributed by atoms with van der Waals surface area (Å²) in [5.74, 6) is 1.11. The first-order valence-electron chi connectivity index (χ1n) is 9.68. The number of amides is 2. The molecule has 3 N–H and O–H groups in total. The quantitative estimate of drug-likeness (QED) is 0.701. The van der Waals surface area contributed by atoms with Crippen molar-refractivity contribution in [2.24, 2.45) is 0 Å². The fourth-order valence-corrected chi connectivity index (χ4v) is 3.79. The molecule has 9 heteroatoms. The molecule has 29 heavy (non-hydrogen) atoms. The van der Waals surface area contributed by atoms with Gasteiger partial charge in [-0.1, -0.05) is 11.6 Å². The van der Waals surface area contributed by atoms with Crippen LogP contribution >= 0.6 is 11.6 Å². The number of anilines is 3. The van der Waals surface area contributed by atoms with Gasteiger partial charge >= 0.3 is 6.03 Å². The fraction of sp³-hybridized carbons (Fsp3) is 0.350. The molecule has 150 valence electrons. The molecule has 2 aromatic rings. The molecule has 1 aromatic carbocycles. The molecule has 1 spiro atoms. The third kappa shape index (κ3) is 3.55. The van der Waals surface area contributed by atoms with E-state index in [0.717, 1.165) is 29.2 Å². The van der Waals surface area contributed by atoms with Gasteiger partial charge in [0, 0.05) is 23.1 Å². The molecule has 0 bridgehead atoms. The first-order valence-corrected chi connectivity index (χ1v) is 10.1. The Kier molecular flexibility index (Phi) is 4.24. The molecule has 3 heterocycles. The van der Waals surface area contributed by atoms with Gasteiger partial charge < -0.3 is 20.9 Å². The van der Waals surface area contributed by atoms with Gasteiger partial charge in [0.15, 0.2) is 0 Å². The highest BCUT2D eigenvalue weighted by Crippen LogP contribution is 2.40. The molecule has 1 aliphatic carbocycles. The minimum Gasteiger partial charge on any atom is -0.368 e. The molecular formula is C20H22ClN7O. The van der Waals surface area contributed by atoms with E-state index in [0.29, 0.717) is 25.0 Å². The number of rotatable bonds is 5. The van der Waals surface area contributed by atoms with Gasteiger partial charge in [0.2, 0.25) is 5.95 Å². The lowest BCUT2D eigenvalue weighted by Crippen LogP contribution is -2.30. The summed E-state index contributed by atoms with van der Waals surface area (Å²) in [6.45, 7) is 3.39. The minimum absolute atomic E-state index is 0.0234. The highest BCUT2D eigenvalue weighted by atomic mass is 35.5. The van der Waals surface area contributed by atoms with E-state index in [9.17, 15) is 4.79 Å². The molecule has 1 saturated carbocycles. The van der Waals surface area contributed by atoms with E-state index in [2.05, 4.69) is 37.0 Å². The van der Waals surface area contributed by atoms with E-state index < -0.39 is 0 Å². The largest absolute Gasteiger partial charge is 0.368 e. The number of halogens is 1. The predicted octanol–water partition coefficient (Wildman–Crippen LogP) is 2.90. The highest BCUT2D eigenvalue weighted by molar-refractivity contribution is 6.30. The molecule has 5 rings (SSSR count). The van der Waals surface area contributed by atoms with E-state index in [4.69, 9.17) is 11.6 Å². The molecule has 2 fully saturated rings. The van der Waals surface area contributed by atoms with Gasteiger partial charge in [-0.15, -0.1) is 0 Å². The van der Waals surface area contributed by atoms with Crippen LogP contribution in [0.25, 0.3) is 0 Å². The molecule has 3 aliphatic rings. The van der Waals surface area contributed by atoms with Crippen LogP contribution in [0.4, 0.5) is 22.2 Å². The van der Waals surface area contributed by atoms with E-state index in [1.54, 1.807) is 17.2 Å². The minimum atomic E-state index is -0.0843. The van der Waals surface area contributed by atoms with E-state index in [1.807, 2.05) is 31.2 Å². The van der Waals surface area contributed by atoms with Crippen LogP contribution in [0.1, 0.15) is 19.8 Å². The summed E-state index contributed by atoms with van der Waals surface area (Å²) >= 11 is 5.97. The third-order valence-corrected chi connectivity index (χ3v) is 5.82. The first kappa shape index (κ1) is 18.1. The molecule has 1 aromatic heterocycles. The Hall–Kier alpha value is -3.00. The molecule has 2 amide bonds. The second-order valence-electron chi connectivity index (χ2n) is 7.77. The van der Waals surface area contributed by atoms with Crippen molar-refractivity contribution < 1.29 is 4.79 Å². The predicted molar refractivity (Wildman–Crippen MR) is 113 cm³/mol. The summed E-state index contributed by atoms with van der Waals surface area (Å²) in [6, 6.07) is 9.40. The lowest BCUT2D eigenvalue weighted by atomic mass is 10.2. The van der Waals surface area contributed by atoms with Gasteiger partial charge in [-0.2, -0.15) is 4.98 Å². The number of nitrogens with zero attached hydrogens (tertiary/aromatic N) is 4. The van der Waals surface area contributed by atoms with Crippen LogP contribution in [0.3, 0.4) is 0 Å². The maximum absolute atomic E-state index is 12.3. The normalized spacial score (nSPS) is 20.3. The number of carbonyl (C=O) groups is 1. The van der Waals surface area contributed by atoms with E-state index >= 15 is 0 Å². The third-order valence-electron chi connectivity index (χ3n) is 5.57.